The lowest BCUT2D eigenvalue weighted by molar-refractivity contribution is -0.118. The van der Waals surface area contributed by atoms with Crippen LogP contribution in [0.1, 0.15) is 19.8 Å². The van der Waals surface area contributed by atoms with E-state index in [1.807, 2.05) is 54.0 Å². The molecule has 0 fully saturated rings. The Kier molecular flexibility index (Phi) is 8.99. The summed E-state index contributed by atoms with van der Waals surface area (Å²) in [5, 5.41) is 0. The molecule has 1 heterocycles. The number of carbonyl (C=O) groups is 1. The first-order valence-corrected chi connectivity index (χ1v) is 12.0. The number of methoxy groups -OCH3 is 2. The third kappa shape index (κ3) is 6.59. The quantitative estimate of drug-likeness (QED) is 0.305. The van der Waals surface area contributed by atoms with E-state index in [1.165, 1.54) is 11.3 Å². The smallest absolute Gasteiger partial charge is 0.248 e. The Hall–Kier alpha value is -2.29. The van der Waals surface area contributed by atoms with E-state index in [-0.39, 0.29) is 5.91 Å². The zero-order valence-corrected chi connectivity index (χ0v) is 19.8. The van der Waals surface area contributed by atoms with Gasteiger partial charge in [-0.25, -0.2) is 0 Å². The van der Waals surface area contributed by atoms with Crippen LogP contribution >= 0.6 is 23.1 Å². The average molecular weight is 461 g/mol. The minimum atomic E-state index is -0.0990. The second kappa shape index (κ2) is 11.9. The number of amides is 1. The maximum atomic E-state index is 12.5. The molecule has 0 aliphatic heterocycles. The maximum absolute atomic E-state index is 12.5. The first kappa shape index (κ1) is 23.4. The van der Waals surface area contributed by atoms with Crippen molar-refractivity contribution in [3.8, 4) is 11.5 Å². The van der Waals surface area contributed by atoms with Crippen LogP contribution in [0.15, 0.2) is 52.4 Å². The summed E-state index contributed by atoms with van der Waals surface area (Å²) in [5.41, 5.74) is 1.03. The molecule has 8 heteroatoms. The normalized spacial score (nSPS) is 11.8. The van der Waals surface area contributed by atoms with Crippen LogP contribution in [0.25, 0.3) is 10.2 Å². The summed E-state index contributed by atoms with van der Waals surface area (Å²) in [6.07, 6.45) is 1.20. The molecule has 6 nitrogen and oxygen atoms in total. The van der Waals surface area contributed by atoms with Gasteiger partial charge in [-0.2, -0.15) is 4.99 Å². The van der Waals surface area contributed by atoms with Crippen molar-refractivity contribution < 1.29 is 19.0 Å². The molecule has 1 amide bonds. The fraction of sp³-hybridized carbons (Fsp3) is 0.391. The Balaban J connectivity index is 1.66. The van der Waals surface area contributed by atoms with Gasteiger partial charge in [0.2, 0.25) is 5.91 Å². The van der Waals surface area contributed by atoms with Gasteiger partial charge in [0.15, 0.2) is 4.80 Å². The standard InChI is InChI=1S/C23H28N2O4S2/c1-4-29-18-9-12-20-21(16-18)31-23(25(20)13-14-27-2)24-22(26)6-5-15-30-19-10-7-17(28-3)8-11-19/h7-12,16H,4-6,13-15H2,1-3H3. The minimum Gasteiger partial charge on any atom is -0.497 e. The average Bonchev–Trinajstić information content (AvgIpc) is 3.11. The van der Waals surface area contributed by atoms with E-state index in [0.29, 0.717) is 31.0 Å². The summed E-state index contributed by atoms with van der Waals surface area (Å²) in [4.78, 5) is 18.8. The number of thioether (sulfide) groups is 1. The second-order valence-corrected chi connectivity index (χ2v) is 8.90. The Morgan fingerprint density at radius 1 is 1.13 bits per heavy atom. The molecule has 0 aliphatic rings. The molecular formula is C23H28N2O4S2. The predicted molar refractivity (Wildman–Crippen MR) is 126 cm³/mol. The van der Waals surface area contributed by atoms with Crippen LogP contribution in [0.3, 0.4) is 0 Å². The van der Waals surface area contributed by atoms with Gasteiger partial charge in [-0.1, -0.05) is 11.3 Å². The van der Waals surface area contributed by atoms with Crippen LogP contribution in [0.2, 0.25) is 0 Å². The molecular weight excluding hydrogens is 432 g/mol. The molecule has 1 aromatic heterocycles. The van der Waals surface area contributed by atoms with Gasteiger partial charge >= 0.3 is 0 Å². The van der Waals surface area contributed by atoms with E-state index < -0.39 is 0 Å². The molecule has 0 N–H and O–H groups in total. The summed E-state index contributed by atoms with van der Waals surface area (Å²) < 4.78 is 19.1. The van der Waals surface area contributed by atoms with Crippen molar-refractivity contribution in [1.82, 2.24) is 4.57 Å². The summed E-state index contributed by atoms with van der Waals surface area (Å²) in [5.74, 6) is 2.43. The highest BCUT2D eigenvalue weighted by molar-refractivity contribution is 7.99. The zero-order valence-electron chi connectivity index (χ0n) is 18.1. The van der Waals surface area contributed by atoms with Crippen LogP contribution in [0.5, 0.6) is 11.5 Å². The van der Waals surface area contributed by atoms with E-state index in [2.05, 4.69) is 4.99 Å². The highest BCUT2D eigenvalue weighted by Gasteiger charge is 2.09. The number of thiazole rings is 1. The monoisotopic (exact) mass is 460 g/mol. The van der Waals surface area contributed by atoms with Crippen LogP contribution in [0.4, 0.5) is 0 Å². The zero-order chi connectivity index (χ0) is 22.1. The number of nitrogens with zero attached hydrogens (tertiary/aromatic N) is 2. The van der Waals surface area contributed by atoms with E-state index in [1.54, 1.807) is 26.0 Å². The van der Waals surface area contributed by atoms with Gasteiger partial charge in [-0.15, -0.1) is 11.8 Å². The number of hydrogen-bond acceptors (Lipinski definition) is 6. The molecule has 2 aromatic carbocycles. The van der Waals surface area contributed by atoms with Crippen molar-refractivity contribution in [1.29, 1.82) is 0 Å². The third-order valence-corrected chi connectivity index (χ3v) is 6.71. The highest BCUT2D eigenvalue weighted by atomic mass is 32.2. The number of fused-ring (bicyclic) bond motifs is 1. The molecule has 0 radical (unpaired) electrons. The van der Waals surface area contributed by atoms with Crippen molar-refractivity contribution in [2.24, 2.45) is 4.99 Å². The third-order valence-electron chi connectivity index (χ3n) is 4.57. The fourth-order valence-electron chi connectivity index (χ4n) is 3.04. The molecule has 166 valence electrons. The van der Waals surface area contributed by atoms with Crippen molar-refractivity contribution in [3.05, 3.63) is 47.3 Å². The summed E-state index contributed by atoms with van der Waals surface area (Å²) >= 11 is 3.23. The number of carbonyl (C=O) groups excluding carboxylic acids is 1. The van der Waals surface area contributed by atoms with Crippen LogP contribution in [-0.4, -0.2) is 43.7 Å². The van der Waals surface area contributed by atoms with E-state index in [9.17, 15) is 4.79 Å². The van der Waals surface area contributed by atoms with Gasteiger partial charge < -0.3 is 18.8 Å². The van der Waals surface area contributed by atoms with Gasteiger partial charge in [0, 0.05) is 25.0 Å². The lowest BCUT2D eigenvalue weighted by Crippen LogP contribution is -2.19. The lowest BCUT2D eigenvalue weighted by atomic mass is 10.3. The van der Waals surface area contributed by atoms with Crippen LogP contribution in [0, 0.1) is 0 Å². The molecule has 3 aromatic rings. The largest absolute Gasteiger partial charge is 0.497 e. The van der Waals surface area contributed by atoms with E-state index >= 15 is 0 Å². The van der Waals surface area contributed by atoms with Gasteiger partial charge in [-0.05, 0) is 61.6 Å². The molecule has 0 saturated carbocycles. The first-order valence-electron chi connectivity index (χ1n) is 10.2. The van der Waals surface area contributed by atoms with Crippen LogP contribution < -0.4 is 14.3 Å². The highest BCUT2D eigenvalue weighted by Crippen LogP contribution is 2.24. The number of benzene rings is 2. The van der Waals surface area contributed by atoms with Gasteiger partial charge in [0.05, 0.1) is 30.5 Å². The van der Waals surface area contributed by atoms with Gasteiger partial charge in [0.1, 0.15) is 11.5 Å². The second-order valence-electron chi connectivity index (χ2n) is 6.72. The molecule has 0 unspecified atom stereocenters. The topological polar surface area (TPSA) is 62.0 Å². The van der Waals surface area contributed by atoms with E-state index in [4.69, 9.17) is 14.2 Å². The fourth-order valence-corrected chi connectivity index (χ4v) is 5.00. The lowest BCUT2D eigenvalue weighted by Gasteiger charge is -2.06. The number of rotatable bonds is 11. The predicted octanol–water partition coefficient (Wildman–Crippen LogP) is 4.76. The van der Waals surface area contributed by atoms with E-state index in [0.717, 1.165) is 38.8 Å². The van der Waals surface area contributed by atoms with Gasteiger partial charge in [-0.3, -0.25) is 4.79 Å². The molecule has 3 rings (SSSR count). The molecule has 0 saturated heterocycles. The maximum Gasteiger partial charge on any atom is 0.248 e. The van der Waals surface area contributed by atoms with Gasteiger partial charge in [0.25, 0.3) is 0 Å². The Morgan fingerprint density at radius 3 is 2.61 bits per heavy atom. The Labute approximate surface area is 190 Å². The molecule has 0 atom stereocenters. The summed E-state index contributed by atoms with van der Waals surface area (Å²) in [6, 6.07) is 13.9. The summed E-state index contributed by atoms with van der Waals surface area (Å²) in [7, 11) is 3.33. The Bertz CT molecular complexity index is 1060. The summed E-state index contributed by atoms with van der Waals surface area (Å²) in [6.45, 7) is 3.78. The number of ether oxygens (including phenoxy) is 3. The van der Waals surface area contributed by atoms with Crippen molar-refractivity contribution in [3.63, 3.8) is 0 Å². The van der Waals surface area contributed by atoms with Crippen LogP contribution in [-0.2, 0) is 16.1 Å². The Morgan fingerprint density at radius 2 is 1.90 bits per heavy atom. The minimum absolute atomic E-state index is 0.0990. The van der Waals surface area contributed by atoms with Crippen molar-refractivity contribution in [2.75, 3.05) is 33.2 Å². The van der Waals surface area contributed by atoms with Crippen molar-refractivity contribution >= 4 is 39.2 Å². The molecule has 0 bridgehead atoms. The molecule has 0 aliphatic carbocycles. The molecule has 0 spiro atoms. The number of hydrogen-bond donors (Lipinski definition) is 0. The SMILES string of the molecule is CCOc1ccc2c(c1)sc(=NC(=O)CCCSc1ccc(OC)cc1)n2CCOC. The first-order chi connectivity index (χ1) is 15.1. The number of aromatic nitrogens is 1. The molecule has 31 heavy (non-hydrogen) atoms. The van der Waals surface area contributed by atoms with Crippen molar-refractivity contribution in [2.45, 2.75) is 31.2 Å².